The minimum Gasteiger partial charge on any atom is -0.335 e. The molecular formula is C13H24N4O. The minimum atomic E-state index is 0.160. The van der Waals surface area contributed by atoms with Gasteiger partial charge in [-0.15, -0.1) is 0 Å². The molecule has 0 radical (unpaired) electrons. The molecule has 2 heterocycles. The number of urea groups is 1. The Morgan fingerprint density at radius 3 is 2.28 bits per heavy atom. The van der Waals surface area contributed by atoms with Crippen LogP contribution in [0.2, 0.25) is 0 Å². The van der Waals surface area contributed by atoms with Gasteiger partial charge in [-0.2, -0.15) is 0 Å². The Bertz CT molecular complexity index is 291. The number of amides is 2. The average molecular weight is 252 g/mol. The van der Waals surface area contributed by atoms with Gasteiger partial charge in [0.15, 0.2) is 0 Å². The normalized spacial score (nSPS) is 27.2. The Kier molecular flexibility index (Phi) is 3.70. The van der Waals surface area contributed by atoms with Gasteiger partial charge in [0.05, 0.1) is 0 Å². The van der Waals surface area contributed by atoms with E-state index in [2.05, 4.69) is 15.5 Å². The van der Waals surface area contributed by atoms with Gasteiger partial charge in [0.1, 0.15) is 0 Å². The zero-order chi connectivity index (χ0) is 12.4. The molecule has 102 valence electrons. The standard InChI is InChI=1S/C13H24N4O/c18-13(15-11-3-1-2-4-11)17-7-5-16(6-8-17)12-9-14-10-12/h11-12,14H,1-10H2,(H,15,18). The first-order valence-electron chi connectivity index (χ1n) is 7.33. The van der Waals surface area contributed by atoms with Crippen molar-refractivity contribution in [2.45, 2.75) is 37.8 Å². The van der Waals surface area contributed by atoms with Crippen LogP contribution in [-0.2, 0) is 0 Å². The molecule has 18 heavy (non-hydrogen) atoms. The van der Waals surface area contributed by atoms with Crippen LogP contribution in [0.4, 0.5) is 4.79 Å². The number of hydrogen-bond acceptors (Lipinski definition) is 3. The first-order chi connectivity index (χ1) is 8.83. The van der Waals surface area contributed by atoms with Gasteiger partial charge in [-0.05, 0) is 12.8 Å². The van der Waals surface area contributed by atoms with E-state index in [4.69, 9.17) is 0 Å². The second kappa shape index (κ2) is 5.45. The highest BCUT2D eigenvalue weighted by molar-refractivity contribution is 5.74. The van der Waals surface area contributed by atoms with E-state index in [1.54, 1.807) is 0 Å². The molecule has 2 N–H and O–H groups in total. The van der Waals surface area contributed by atoms with Gasteiger partial charge in [-0.3, -0.25) is 4.90 Å². The van der Waals surface area contributed by atoms with Gasteiger partial charge in [-0.25, -0.2) is 4.79 Å². The maximum atomic E-state index is 12.1. The van der Waals surface area contributed by atoms with Crippen LogP contribution in [0.25, 0.3) is 0 Å². The topological polar surface area (TPSA) is 47.6 Å². The first kappa shape index (κ1) is 12.2. The van der Waals surface area contributed by atoms with E-state index in [9.17, 15) is 4.79 Å². The van der Waals surface area contributed by atoms with Crippen molar-refractivity contribution in [3.8, 4) is 0 Å². The summed E-state index contributed by atoms with van der Waals surface area (Å²) in [6.45, 7) is 6.07. The van der Waals surface area contributed by atoms with E-state index in [-0.39, 0.29) is 6.03 Å². The number of piperazine rings is 1. The second-order valence-corrected chi connectivity index (χ2v) is 5.77. The monoisotopic (exact) mass is 252 g/mol. The van der Waals surface area contributed by atoms with Crippen LogP contribution in [0.3, 0.4) is 0 Å². The molecule has 0 bridgehead atoms. The first-order valence-corrected chi connectivity index (χ1v) is 7.33. The average Bonchev–Trinajstić information content (AvgIpc) is 2.80. The highest BCUT2D eigenvalue weighted by atomic mass is 16.2. The largest absolute Gasteiger partial charge is 0.335 e. The van der Waals surface area contributed by atoms with Crippen LogP contribution in [0, 0.1) is 0 Å². The van der Waals surface area contributed by atoms with E-state index < -0.39 is 0 Å². The van der Waals surface area contributed by atoms with Crippen LogP contribution in [0.15, 0.2) is 0 Å². The lowest BCUT2D eigenvalue weighted by atomic mass is 10.1. The fourth-order valence-corrected chi connectivity index (χ4v) is 3.16. The van der Waals surface area contributed by atoms with Crippen molar-refractivity contribution in [3.63, 3.8) is 0 Å². The molecule has 5 nitrogen and oxygen atoms in total. The van der Waals surface area contributed by atoms with Crippen LogP contribution < -0.4 is 10.6 Å². The Balaban J connectivity index is 1.42. The van der Waals surface area contributed by atoms with Crippen molar-refractivity contribution in [2.75, 3.05) is 39.3 Å². The van der Waals surface area contributed by atoms with E-state index in [0.717, 1.165) is 39.3 Å². The lowest BCUT2D eigenvalue weighted by Gasteiger charge is -2.43. The smallest absolute Gasteiger partial charge is 0.317 e. The summed E-state index contributed by atoms with van der Waals surface area (Å²) in [5, 5.41) is 6.48. The molecule has 1 saturated carbocycles. The molecule has 3 rings (SSSR count). The summed E-state index contributed by atoms with van der Waals surface area (Å²) in [7, 11) is 0. The van der Waals surface area contributed by atoms with E-state index in [1.807, 2.05) is 4.90 Å². The van der Waals surface area contributed by atoms with Crippen molar-refractivity contribution in [3.05, 3.63) is 0 Å². The zero-order valence-corrected chi connectivity index (χ0v) is 11.0. The molecular weight excluding hydrogens is 228 g/mol. The Morgan fingerprint density at radius 1 is 1.06 bits per heavy atom. The summed E-state index contributed by atoms with van der Waals surface area (Å²) < 4.78 is 0. The maximum Gasteiger partial charge on any atom is 0.317 e. The third-order valence-corrected chi connectivity index (χ3v) is 4.56. The highest BCUT2D eigenvalue weighted by Crippen LogP contribution is 2.18. The predicted molar refractivity (Wildman–Crippen MR) is 70.6 cm³/mol. The number of rotatable bonds is 2. The van der Waals surface area contributed by atoms with E-state index in [1.165, 1.54) is 25.7 Å². The molecule has 0 aromatic heterocycles. The van der Waals surface area contributed by atoms with Crippen LogP contribution in [-0.4, -0.2) is 67.2 Å². The van der Waals surface area contributed by atoms with Crippen molar-refractivity contribution in [2.24, 2.45) is 0 Å². The summed E-state index contributed by atoms with van der Waals surface area (Å²) in [6.07, 6.45) is 4.87. The van der Waals surface area contributed by atoms with Gasteiger partial charge in [-0.1, -0.05) is 12.8 Å². The molecule has 0 aromatic carbocycles. The van der Waals surface area contributed by atoms with E-state index in [0.29, 0.717) is 12.1 Å². The Labute approximate surface area is 109 Å². The molecule has 5 heteroatoms. The van der Waals surface area contributed by atoms with E-state index >= 15 is 0 Å². The quantitative estimate of drug-likeness (QED) is 0.739. The summed E-state index contributed by atoms with van der Waals surface area (Å²) in [6, 6.07) is 1.31. The van der Waals surface area contributed by atoms with Crippen LogP contribution in [0.1, 0.15) is 25.7 Å². The molecule has 2 saturated heterocycles. The SMILES string of the molecule is O=C(NC1CCCC1)N1CCN(C2CNC2)CC1. The van der Waals surface area contributed by atoms with Crippen LogP contribution >= 0.6 is 0 Å². The molecule has 2 amide bonds. The molecule has 3 fully saturated rings. The molecule has 0 atom stereocenters. The summed E-state index contributed by atoms with van der Waals surface area (Å²) >= 11 is 0. The molecule has 2 aliphatic heterocycles. The third kappa shape index (κ3) is 2.62. The summed E-state index contributed by atoms with van der Waals surface area (Å²) in [5.74, 6) is 0. The number of hydrogen-bond donors (Lipinski definition) is 2. The van der Waals surface area contributed by atoms with Crippen LogP contribution in [0.5, 0.6) is 0 Å². The zero-order valence-electron chi connectivity index (χ0n) is 11.0. The van der Waals surface area contributed by atoms with Gasteiger partial charge >= 0.3 is 6.03 Å². The number of nitrogens with one attached hydrogen (secondary N) is 2. The molecule has 3 aliphatic rings. The number of carbonyl (C=O) groups excluding carboxylic acids is 1. The maximum absolute atomic E-state index is 12.1. The minimum absolute atomic E-state index is 0.160. The molecule has 1 aliphatic carbocycles. The molecule has 0 aromatic rings. The van der Waals surface area contributed by atoms with Crippen molar-refractivity contribution in [1.29, 1.82) is 0 Å². The Morgan fingerprint density at radius 2 is 1.72 bits per heavy atom. The molecule has 0 spiro atoms. The van der Waals surface area contributed by atoms with Gasteiger partial charge in [0.2, 0.25) is 0 Å². The predicted octanol–water partition coefficient (Wildman–Crippen LogP) is 0.228. The van der Waals surface area contributed by atoms with Gasteiger partial charge in [0, 0.05) is 51.4 Å². The lowest BCUT2D eigenvalue weighted by molar-refractivity contribution is 0.0837. The fraction of sp³-hybridized carbons (Fsp3) is 0.923. The number of carbonyl (C=O) groups is 1. The lowest BCUT2D eigenvalue weighted by Crippen LogP contribution is -2.62. The second-order valence-electron chi connectivity index (χ2n) is 5.77. The van der Waals surface area contributed by atoms with Gasteiger partial charge < -0.3 is 15.5 Å². The number of nitrogens with zero attached hydrogens (tertiary/aromatic N) is 2. The van der Waals surface area contributed by atoms with Crippen molar-refractivity contribution in [1.82, 2.24) is 20.4 Å². The highest BCUT2D eigenvalue weighted by Gasteiger charge is 2.29. The molecule has 0 unspecified atom stereocenters. The summed E-state index contributed by atoms with van der Waals surface area (Å²) in [4.78, 5) is 16.6. The van der Waals surface area contributed by atoms with Crippen molar-refractivity contribution >= 4 is 6.03 Å². The van der Waals surface area contributed by atoms with Crippen molar-refractivity contribution < 1.29 is 4.79 Å². The van der Waals surface area contributed by atoms with Gasteiger partial charge in [0.25, 0.3) is 0 Å². The fourth-order valence-electron chi connectivity index (χ4n) is 3.16. The Hall–Kier alpha value is -0.810. The third-order valence-electron chi connectivity index (χ3n) is 4.56. The summed E-state index contributed by atoms with van der Waals surface area (Å²) in [5.41, 5.74) is 0.